The third kappa shape index (κ3) is 6.08. The Morgan fingerprint density at radius 1 is 1.13 bits per heavy atom. The SMILES string of the molecule is OCCCCC=CCC1=CC=CC=CC1. The topological polar surface area (TPSA) is 20.2 Å². The molecule has 0 aromatic rings. The van der Waals surface area contributed by atoms with Crippen LogP contribution in [0.2, 0.25) is 0 Å². The van der Waals surface area contributed by atoms with Gasteiger partial charge in [0.15, 0.2) is 0 Å². The average molecular weight is 204 g/mol. The second-order valence-corrected chi connectivity index (χ2v) is 3.74. The fourth-order valence-corrected chi connectivity index (χ4v) is 1.50. The lowest BCUT2D eigenvalue weighted by molar-refractivity contribution is 0.285. The summed E-state index contributed by atoms with van der Waals surface area (Å²) in [7, 11) is 0. The molecular weight excluding hydrogens is 184 g/mol. The van der Waals surface area contributed by atoms with Crippen molar-refractivity contribution in [3.8, 4) is 0 Å². The van der Waals surface area contributed by atoms with Gasteiger partial charge in [-0.2, -0.15) is 0 Å². The predicted molar refractivity (Wildman–Crippen MR) is 65.7 cm³/mol. The molecule has 0 aromatic carbocycles. The van der Waals surface area contributed by atoms with Crippen molar-refractivity contribution in [3.05, 3.63) is 48.1 Å². The van der Waals surface area contributed by atoms with Crippen LogP contribution in [0.15, 0.2) is 48.1 Å². The normalized spacial score (nSPS) is 15.7. The molecule has 1 nitrogen and oxygen atoms in total. The Morgan fingerprint density at radius 3 is 2.93 bits per heavy atom. The molecule has 0 saturated carbocycles. The van der Waals surface area contributed by atoms with E-state index in [1.165, 1.54) is 5.57 Å². The molecule has 0 aromatic heterocycles. The smallest absolute Gasteiger partial charge is 0.0431 e. The standard InChI is InChI=1S/C14H20O/c15-13-9-5-1-2-6-10-14-11-7-3-4-8-12-14/h2-4,6-8,11,15H,1,5,9-10,12-13H2. The molecule has 82 valence electrons. The molecule has 0 spiro atoms. The molecule has 0 amide bonds. The summed E-state index contributed by atoms with van der Waals surface area (Å²) >= 11 is 0. The summed E-state index contributed by atoms with van der Waals surface area (Å²) in [6, 6.07) is 0. The van der Waals surface area contributed by atoms with Gasteiger partial charge in [0.2, 0.25) is 0 Å². The van der Waals surface area contributed by atoms with E-state index in [0.717, 1.165) is 32.1 Å². The van der Waals surface area contributed by atoms with Gasteiger partial charge in [-0.1, -0.05) is 48.1 Å². The minimum atomic E-state index is 0.314. The van der Waals surface area contributed by atoms with E-state index in [0.29, 0.717) is 6.61 Å². The molecule has 1 heteroatoms. The summed E-state index contributed by atoms with van der Waals surface area (Å²) in [5.74, 6) is 0. The molecule has 0 bridgehead atoms. The van der Waals surface area contributed by atoms with E-state index in [-0.39, 0.29) is 0 Å². The van der Waals surface area contributed by atoms with Gasteiger partial charge >= 0.3 is 0 Å². The summed E-state index contributed by atoms with van der Waals surface area (Å²) in [6.45, 7) is 0.314. The molecule has 0 saturated heterocycles. The van der Waals surface area contributed by atoms with Gasteiger partial charge < -0.3 is 5.11 Å². The first-order chi connectivity index (χ1) is 7.43. The van der Waals surface area contributed by atoms with Crippen molar-refractivity contribution in [2.45, 2.75) is 32.1 Å². The van der Waals surface area contributed by atoms with Crippen LogP contribution < -0.4 is 0 Å². The highest BCUT2D eigenvalue weighted by atomic mass is 16.2. The molecule has 0 radical (unpaired) electrons. The predicted octanol–water partition coefficient (Wildman–Crippen LogP) is 3.54. The van der Waals surface area contributed by atoms with Crippen LogP contribution in [0.4, 0.5) is 0 Å². The summed E-state index contributed by atoms with van der Waals surface area (Å²) in [4.78, 5) is 0. The minimum Gasteiger partial charge on any atom is -0.396 e. The lowest BCUT2D eigenvalue weighted by atomic mass is 10.1. The van der Waals surface area contributed by atoms with Crippen LogP contribution in [-0.4, -0.2) is 11.7 Å². The monoisotopic (exact) mass is 204 g/mol. The minimum absolute atomic E-state index is 0.314. The fourth-order valence-electron chi connectivity index (χ4n) is 1.50. The molecule has 1 aliphatic rings. The van der Waals surface area contributed by atoms with E-state index in [1.807, 2.05) is 0 Å². The maximum absolute atomic E-state index is 8.61. The lowest BCUT2D eigenvalue weighted by Crippen LogP contribution is -1.81. The Hall–Kier alpha value is -1.08. The Kier molecular flexibility index (Phi) is 6.59. The van der Waals surface area contributed by atoms with Gasteiger partial charge in [-0.05, 0) is 32.1 Å². The molecule has 0 fully saturated rings. The van der Waals surface area contributed by atoms with Gasteiger partial charge in [0, 0.05) is 6.61 Å². The maximum atomic E-state index is 8.61. The van der Waals surface area contributed by atoms with Crippen molar-refractivity contribution in [1.29, 1.82) is 0 Å². The third-order valence-electron chi connectivity index (χ3n) is 2.40. The van der Waals surface area contributed by atoms with Gasteiger partial charge in [-0.15, -0.1) is 0 Å². The van der Waals surface area contributed by atoms with E-state index in [1.54, 1.807) is 0 Å². The van der Waals surface area contributed by atoms with Crippen LogP contribution in [0.1, 0.15) is 32.1 Å². The number of rotatable bonds is 6. The third-order valence-corrected chi connectivity index (χ3v) is 2.40. The quantitative estimate of drug-likeness (QED) is 0.518. The maximum Gasteiger partial charge on any atom is 0.0431 e. The van der Waals surface area contributed by atoms with Crippen LogP contribution in [0.25, 0.3) is 0 Å². The van der Waals surface area contributed by atoms with Crippen molar-refractivity contribution in [2.24, 2.45) is 0 Å². The van der Waals surface area contributed by atoms with Crippen LogP contribution >= 0.6 is 0 Å². The highest BCUT2D eigenvalue weighted by Crippen LogP contribution is 2.12. The van der Waals surface area contributed by atoms with Crippen molar-refractivity contribution >= 4 is 0 Å². The average Bonchev–Trinajstić information content (AvgIpc) is 2.52. The molecule has 0 unspecified atom stereocenters. The Bertz CT molecular complexity index is 269. The molecule has 0 heterocycles. The first-order valence-corrected chi connectivity index (χ1v) is 5.70. The fraction of sp³-hybridized carbons (Fsp3) is 0.429. The lowest BCUT2D eigenvalue weighted by Gasteiger charge is -1.98. The summed E-state index contributed by atoms with van der Waals surface area (Å²) in [6.07, 6.45) is 20.3. The first kappa shape index (κ1) is 12.0. The van der Waals surface area contributed by atoms with Gasteiger partial charge in [0.05, 0.1) is 0 Å². The second kappa shape index (κ2) is 8.25. The van der Waals surface area contributed by atoms with Gasteiger partial charge in [-0.25, -0.2) is 0 Å². The Labute approximate surface area is 92.5 Å². The highest BCUT2D eigenvalue weighted by Gasteiger charge is 1.92. The molecule has 1 rings (SSSR count). The number of hydrogen-bond acceptors (Lipinski definition) is 1. The van der Waals surface area contributed by atoms with Crippen molar-refractivity contribution in [3.63, 3.8) is 0 Å². The number of hydrogen-bond donors (Lipinski definition) is 1. The van der Waals surface area contributed by atoms with Crippen molar-refractivity contribution in [2.75, 3.05) is 6.61 Å². The molecule has 1 N–H and O–H groups in total. The summed E-state index contributed by atoms with van der Waals surface area (Å²) in [5, 5.41) is 8.61. The molecule has 15 heavy (non-hydrogen) atoms. The van der Waals surface area contributed by atoms with Gasteiger partial charge in [-0.3, -0.25) is 0 Å². The zero-order valence-electron chi connectivity index (χ0n) is 9.23. The molecular formula is C14H20O. The zero-order valence-corrected chi connectivity index (χ0v) is 9.23. The van der Waals surface area contributed by atoms with Crippen LogP contribution in [-0.2, 0) is 0 Å². The van der Waals surface area contributed by atoms with E-state index >= 15 is 0 Å². The number of unbranched alkanes of at least 4 members (excludes halogenated alkanes) is 2. The van der Waals surface area contributed by atoms with E-state index in [4.69, 9.17) is 5.11 Å². The number of allylic oxidation sites excluding steroid dienone is 8. The van der Waals surface area contributed by atoms with Crippen molar-refractivity contribution < 1.29 is 5.11 Å². The molecule has 0 atom stereocenters. The van der Waals surface area contributed by atoms with Crippen LogP contribution in [0.5, 0.6) is 0 Å². The first-order valence-electron chi connectivity index (χ1n) is 5.70. The second-order valence-electron chi connectivity index (χ2n) is 3.74. The number of aliphatic hydroxyl groups excluding tert-OH is 1. The molecule has 0 aliphatic heterocycles. The Balaban J connectivity index is 2.16. The summed E-state index contributed by atoms with van der Waals surface area (Å²) in [5.41, 5.74) is 1.46. The van der Waals surface area contributed by atoms with E-state index in [9.17, 15) is 0 Å². The largest absolute Gasteiger partial charge is 0.396 e. The highest BCUT2D eigenvalue weighted by molar-refractivity contribution is 5.24. The number of aliphatic hydroxyl groups is 1. The van der Waals surface area contributed by atoms with Crippen molar-refractivity contribution in [1.82, 2.24) is 0 Å². The van der Waals surface area contributed by atoms with Gasteiger partial charge in [0.1, 0.15) is 0 Å². The Morgan fingerprint density at radius 2 is 2.07 bits per heavy atom. The van der Waals surface area contributed by atoms with Crippen LogP contribution in [0, 0.1) is 0 Å². The van der Waals surface area contributed by atoms with Gasteiger partial charge in [0.25, 0.3) is 0 Å². The summed E-state index contributed by atoms with van der Waals surface area (Å²) < 4.78 is 0. The molecule has 1 aliphatic carbocycles. The van der Waals surface area contributed by atoms with E-state index in [2.05, 4.69) is 42.5 Å². The van der Waals surface area contributed by atoms with Crippen LogP contribution in [0.3, 0.4) is 0 Å². The van der Waals surface area contributed by atoms with E-state index < -0.39 is 0 Å². The zero-order chi connectivity index (χ0) is 10.8.